The van der Waals surface area contributed by atoms with Gasteiger partial charge in [0.25, 0.3) is 0 Å². The van der Waals surface area contributed by atoms with Crippen molar-refractivity contribution in [2.75, 3.05) is 14.2 Å². The molecule has 0 amide bonds. The average Bonchev–Trinajstić information content (AvgIpc) is 2.76. The minimum atomic E-state index is -0.487. The van der Waals surface area contributed by atoms with Crippen molar-refractivity contribution in [3.63, 3.8) is 0 Å². The number of esters is 2. The van der Waals surface area contributed by atoms with Crippen molar-refractivity contribution in [2.45, 2.75) is 27.2 Å². The van der Waals surface area contributed by atoms with Gasteiger partial charge in [-0.15, -0.1) is 6.58 Å². The minimum absolute atomic E-state index is 0.0409. The Balaban J connectivity index is 3.20. The van der Waals surface area contributed by atoms with Gasteiger partial charge >= 0.3 is 11.9 Å². The summed E-state index contributed by atoms with van der Waals surface area (Å²) in [4.78, 5) is 24.1. The first-order chi connectivity index (χ1) is 8.77. The molecule has 1 aliphatic carbocycles. The molecular weight excluding hydrogens is 244 g/mol. The minimum Gasteiger partial charge on any atom is -0.469 e. The molecule has 0 spiro atoms. The Morgan fingerprint density at radius 3 is 1.95 bits per heavy atom. The lowest BCUT2D eigenvalue weighted by atomic mass is 9.73. The van der Waals surface area contributed by atoms with E-state index in [9.17, 15) is 9.59 Å². The molecule has 4 atom stereocenters. The smallest absolute Gasteiger partial charge is 0.310 e. The summed E-state index contributed by atoms with van der Waals surface area (Å²) in [5.74, 6) is -1.60. The predicted octanol–water partition coefficient (Wildman–Crippen LogP) is 2.43. The van der Waals surface area contributed by atoms with Gasteiger partial charge in [0, 0.05) is 0 Å². The van der Waals surface area contributed by atoms with E-state index in [4.69, 9.17) is 9.47 Å². The van der Waals surface area contributed by atoms with Crippen LogP contribution < -0.4 is 0 Å². The van der Waals surface area contributed by atoms with Crippen molar-refractivity contribution < 1.29 is 19.1 Å². The zero-order valence-electron chi connectivity index (χ0n) is 12.4. The fourth-order valence-electron chi connectivity index (χ4n) is 3.14. The quantitative estimate of drug-likeness (QED) is 0.582. The molecule has 0 aromatic rings. The van der Waals surface area contributed by atoms with Crippen LogP contribution in [0.3, 0.4) is 0 Å². The third kappa shape index (κ3) is 2.99. The summed E-state index contributed by atoms with van der Waals surface area (Å²) in [6.07, 6.45) is 2.51. The van der Waals surface area contributed by atoms with E-state index in [0.29, 0.717) is 0 Å². The standard InChI is InChI=1S/C15H24O4/c1-7-9-8-10(15(2,3)4)12(14(17)19-6)11(9)13(16)18-5/h7,9-12H,1,8H2,2-6H3. The zero-order valence-corrected chi connectivity index (χ0v) is 12.4. The van der Waals surface area contributed by atoms with E-state index < -0.39 is 11.8 Å². The maximum Gasteiger partial charge on any atom is 0.310 e. The normalized spacial score (nSPS) is 30.8. The number of methoxy groups -OCH3 is 2. The van der Waals surface area contributed by atoms with Crippen LogP contribution in [0.5, 0.6) is 0 Å². The van der Waals surface area contributed by atoms with Gasteiger partial charge in [-0.25, -0.2) is 0 Å². The predicted molar refractivity (Wildman–Crippen MR) is 72.3 cm³/mol. The first-order valence-corrected chi connectivity index (χ1v) is 6.56. The molecule has 0 N–H and O–H groups in total. The van der Waals surface area contributed by atoms with Gasteiger partial charge < -0.3 is 9.47 Å². The monoisotopic (exact) mass is 268 g/mol. The van der Waals surface area contributed by atoms with Crippen molar-refractivity contribution in [1.29, 1.82) is 0 Å². The Morgan fingerprint density at radius 1 is 1.11 bits per heavy atom. The number of carbonyl (C=O) groups excluding carboxylic acids is 2. The van der Waals surface area contributed by atoms with E-state index in [2.05, 4.69) is 27.4 Å². The topological polar surface area (TPSA) is 52.6 Å². The van der Waals surface area contributed by atoms with E-state index in [1.54, 1.807) is 6.08 Å². The first kappa shape index (κ1) is 15.7. The van der Waals surface area contributed by atoms with Crippen molar-refractivity contribution in [2.24, 2.45) is 29.1 Å². The van der Waals surface area contributed by atoms with Gasteiger partial charge in [0.1, 0.15) is 0 Å². The maximum atomic E-state index is 12.1. The molecule has 1 aliphatic rings. The number of allylic oxidation sites excluding steroid dienone is 1. The summed E-state index contributed by atoms with van der Waals surface area (Å²) in [7, 11) is 2.71. The molecule has 4 heteroatoms. The van der Waals surface area contributed by atoms with Gasteiger partial charge in [-0.05, 0) is 23.7 Å². The Kier molecular flexibility index (Phi) is 4.77. The molecule has 4 unspecified atom stereocenters. The van der Waals surface area contributed by atoms with Gasteiger partial charge in [-0.2, -0.15) is 0 Å². The first-order valence-electron chi connectivity index (χ1n) is 6.56. The van der Waals surface area contributed by atoms with Gasteiger partial charge in [-0.1, -0.05) is 26.8 Å². The second kappa shape index (κ2) is 5.76. The SMILES string of the molecule is C=CC1CC(C(C)(C)C)C(C(=O)OC)C1C(=O)OC. The number of hydrogen-bond donors (Lipinski definition) is 0. The second-order valence-electron chi connectivity index (χ2n) is 6.21. The molecular formula is C15H24O4. The van der Waals surface area contributed by atoms with Gasteiger partial charge in [-0.3, -0.25) is 9.59 Å². The van der Waals surface area contributed by atoms with Crippen molar-refractivity contribution in [3.8, 4) is 0 Å². The van der Waals surface area contributed by atoms with E-state index in [1.165, 1.54) is 14.2 Å². The Morgan fingerprint density at radius 2 is 1.58 bits per heavy atom. The highest BCUT2D eigenvalue weighted by Gasteiger charge is 2.53. The molecule has 0 aromatic heterocycles. The highest BCUT2D eigenvalue weighted by atomic mass is 16.5. The lowest BCUT2D eigenvalue weighted by Gasteiger charge is -2.32. The number of carbonyl (C=O) groups is 2. The number of ether oxygens (including phenoxy) is 2. The summed E-state index contributed by atoms with van der Waals surface area (Å²) < 4.78 is 9.75. The molecule has 0 saturated heterocycles. The molecule has 4 nitrogen and oxygen atoms in total. The Bertz CT molecular complexity index is 367. The molecule has 0 bridgehead atoms. The molecule has 0 aromatic carbocycles. The number of rotatable bonds is 3. The van der Waals surface area contributed by atoms with Crippen molar-refractivity contribution in [3.05, 3.63) is 12.7 Å². The molecule has 1 rings (SSSR count). The van der Waals surface area contributed by atoms with Crippen LogP contribution in [-0.4, -0.2) is 26.2 Å². The van der Waals surface area contributed by atoms with Crippen LogP contribution >= 0.6 is 0 Å². The fourth-order valence-corrected chi connectivity index (χ4v) is 3.14. The van der Waals surface area contributed by atoms with E-state index in [0.717, 1.165) is 6.42 Å². The summed E-state index contributed by atoms with van der Waals surface area (Å²) in [6, 6.07) is 0. The second-order valence-corrected chi connectivity index (χ2v) is 6.21. The molecule has 19 heavy (non-hydrogen) atoms. The van der Waals surface area contributed by atoms with Gasteiger partial charge in [0.15, 0.2) is 0 Å². The van der Waals surface area contributed by atoms with Gasteiger partial charge in [0.05, 0.1) is 26.1 Å². The third-order valence-corrected chi connectivity index (χ3v) is 4.17. The fraction of sp³-hybridized carbons (Fsp3) is 0.733. The third-order valence-electron chi connectivity index (χ3n) is 4.17. The van der Waals surface area contributed by atoms with E-state index >= 15 is 0 Å². The molecule has 108 valence electrons. The van der Waals surface area contributed by atoms with Crippen LogP contribution in [0.4, 0.5) is 0 Å². The summed E-state index contributed by atoms with van der Waals surface area (Å²) in [6.45, 7) is 10.0. The maximum absolute atomic E-state index is 12.1. The molecule has 1 fully saturated rings. The molecule has 0 radical (unpaired) electrons. The Labute approximate surface area is 115 Å². The van der Waals surface area contributed by atoms with Crippen LogP contribution in [0.25, 0.3) is 0 Å². The highest BCUT2D eigenvalue weighted by molar-refractivity contribution is 5.83. The Hall–Kier alpha value is -1.32. The average molecular weight is 268 g/mol. The molecule has 0 heterocycles. The van der Waals surface area contributed by atoms with Crippen LogP contribution in [0.1, 0.15) is 27.2 Å². The molecule has 1 saturated carbocycles. The van der Waals surface area contributed by atoms with Gasteiger partial charge in [0.2, 0.25) is 0 Å². The van der Waals surface area contributed by atoms with Crippen LogP contribution in [-0.2, 0) is 19.1 Å². The van der Waals surface area contributed by atoms with Crippen LogP contribution in [0.2, 0.25) is 0 Å². The zero-order chi connectivity index (χ0) is 14.8. The lowest BCUT2D eigenvalue weighted by Crippen LogP contribution is -2.37. The van der Waals surface area contributed by atoms with Crippen LogP contribution in [0, 0.1) is 29.1 Å². The van der Waals surface area contributed by atoms with Crippen molar-refractivity contribution in [1.82, 2.24) is 0 Å². The molecule has 0 aliphatic heterocycles. The summed E-state index contributed by atoms with van der Waals surface area (Å²) >= 11 is 0. The highest BCUT2D eigenvalue weighted by Crippen LogP contribution is 2.50. The summed E-state index contributed by atoms with van der Waals surface area (Å²) in [5, 5.41) is 0. The van der Waals surface area contributed by atoms with E-state index in [-0.39, 0.29) is 29.2 Å². The van der Waals surface area contributed by atoms with E-state index in [1.807, 2.05) is 0 Å². The number of hydrogen-bond acceptors (Lipinski definition) is 4. The summed E-state index contributed by atoms with van der Waals surface area (Å²) in [5.41, 5.74) is -0.0805. The van der Waals surface area contributed by atoms with Crippen molar-refractivity contribution >= 4 is 11.9 Å². The lowest BCUT2D eigenvalue weighted by molar-refractivity contribution is -0.159. The largest absolute Gasteiger partial charge is 0.469 e. The van der Waals surface area contributed by atoms with Crippen LogP contribution in [0.15, 0.2) is 12.7 Å².